The Morgan fingerprint density at radius 1 is 1.11 bits per heavy atom. The first-order valence-corrected chi connectivity index (χ1v) is 13.1. The number of likely N-dealkylation sites (tertiary alicyclic amines) is 1. The number of alkyl halides is 2. The third kappa shape index (κ3) is 5.13. The molecular formula is C28H33F5N4O. The first-order valence-electron chi connectivity index (χ1n) is 13.1. The zero-order chi connectivity index (χ0) is 27.2. The third-order valence-corrected chi connectivity index (χ3v) is 7.73. The molecule has 5 rings (SSSR count). The molecule has 1 fully saturated rings. The highest BCUT2D eigenvalue weighted by molar-refractivity contribution is 5.85. The molecule has 0 unspecified atom stereocenters. The largest absolute Gasteiger partial charge is 0.390 e. The van der Waals surface area contributed by atoms with Crippen LogP contribution in [0, 0.1) is 17.5 Å². The smallest absolute Gasteiger partial charge is 0.283 e. The number of aromatic amines is 1. The number of rotatable bonds is 9. The van der Waals surface area contributed by atoms with Gasteiger partial charge in [-0.1, -0.05) is 13.3 Å². The fourth-order valence-electron chi connectivity index (χ4n) is 5.79. The highest BCUT2D eigenvalue weighted by atomic mass is 19.3. The van der Waals surface area contributed by atoms with E-state index in [0.717, 1.165) is 32.5 Å². The number of halogens is 5. The Morgan fingerprint density at radius 2 is 1.82 bits per heavy atom. The molecule has 1 aromatic heterocycles. The number of aliphatic hydroxyl groups excluding tert-OH is 1. The lowest BCUT2D eigenvalue weighted by Crippen LogP contribution is -2.54. The molecule has 0 radical (unpaired) electrons. The minimum absolute atomic E-state index is 0.0705. The van der Waals surface area contributed by atoms with Crippen LogP contribution in [0.2, 0.25) is 0 Å². The molecule has 2 atom stereocenters. The number of aromatic nitrogens is 1. The van der Waals surface area contributed by atoms with Gasteiger partial charge in [-0.05, 0) is 62.2 Å². The monoisotopic (exact) mass is 536 g/mol. The first kappa shape index (κ1) is 26.9. The Morgan fingerprint density at radius 3 is 2.47 bits per heavy atom. The summed E-state index contributed by atoms with van der Waals surface area (Å²) in [5, 5.41) is 13.0. The Hall–Kier alpha value is -2.69. The highest BCUT2D eigenvalue weighted by Gasteiger charge is 2.43. The van der Waals surface area contributed by atoms with E-state index in [0.29, 0.717) is 27.8 Å². The van der Waals surface area contributed by atoms with Gasteiger partial charge in [0.15, 0.2) is 0 Å². The Kier molecular flexibility index (Phi) is 7.41. The predicted octanol–water partition coefficient (Wildman–Crippen LogP) is 5.45. The maximum Gasteiger partial charge on any atom is 0.283 e. The number of anilines is 1. The molecule has 3 aromatic rings. The number of aliphatic hydroxyl groups is 1. The van der Waals surface area contributed by atoms with E-state index in [9.17, 15) is 18.3 Å². The fourth-order valence-corrected chi connectivity index (χ4v) is 5.79. The van der Waals surface area contributed by atoms with E-state index in [1.165, 1.54) is 35.2 Å². The van der Waals surface area contributed by atoms with Crippen LogP contribution in [0.1, 0.15) is 49.6 Å². The van der Waals surface area contributed by atoms with Crippen LogP contribution in [0.4, 0.5) is 27.6 Å². The van der Waals surface area contributed by atoms with E-state index in [1.54, 1.807) is 6.92 Å². The highest BCUT2D eigenvalue weighted by Crippen LogP contribution is 2.44. The lowest BCUT2D eigenvalue weighted by Gasteiger charge is -2.42. The van der Waals surface area contributed by atoms with E-state index in [4.69, 9.17) is 0 Å². The van der Waals surface area contributed by atoms with Crippen LogP contribution in [-0.2, 0) is 6.42 Å². The van der Waals surface area contributed by atoms with E-state index in [-0.39, 0.29) is 18.0 Å². The minimum Gasteiger partial charge on any atom is -0.390 e. The van der Waals surface area contributed by atoms with E-state index < -0.39 is 48.6 Å². The molecule has 0 saturated carbocycles. The average molecular weight is 537 g/mol. The molecule has 5 nitrogen and oxygen atoms in total. The zero-order valence-electron chi connectivity index (χ0n) is 21.5. The molecule has 3 heterocycles. The van der Waals surface area contributed by atoms with Gasteiger partial charge in [-0.15, -0.1) is 0 Å². The number of benzene rings is 2. The molecular weight excluding hydrogens is 503 g/mol. The lowest BCUT2D eigenvalue weighted by atomic mass is 9.87. The summed E-state index contributed by atoms with van der Waals surface area (Å²) in [6.07, 6.45) is 2.47. The van der Waals surface area contributed by atoms with Crippen molar-refractivity contribution in [2.45, 2.75) is 57.2 Å². The van der Waals surface area contributed by atoms with E-state index >= 15 is 8.78 Å². The summed E-state index contributed by atoms with van der Waals surface area (Å²) in [5.74, 6) is -5.66. The fraction of sp³-hybridized carbons (Fsp3) is 0.500. The summed E-state index contributed by atoms with van der Waals surface area (Å²) >= 11 is 0. The normalized spacial score (nSPS) is 21.1. The van der Waals surface area contributed by atoms with Gasteiger partial charge in [0.1, 0.15) is 24.1 Å². The molecule has 0 aliphatic carbocycles. The van der Waals surface area contributed by atoms with E-state index in [2.05, 4.69) is 22.1 Å². The van der Waals surface area contributed by atoms with Crippen LogP contribution in [0.3, 0.4) is 0 Å². The summed E-state index contributed by atoms with van der Waals surface area (Å²) < 4.78 is 74.4. The molecule has 0 spiro atoms. The number of nitrogens with zero attached hydrogens (tertiary/aromatic N) is 2. The first-order chi connectivity index (χ1) is 18.1. The summed E-state index contributed by atoms with van der Waals surface area (Å²) in [7, 11) is 0. The van der Waals surface area contributed by atoms with Gasteiger partial charge in [0.25, 0.3) is 5.92 Å². The van der Waals surface area contributed by atoms with Gasteiger partial charge in [0.2, 0.25) is 0 Å². The van der Waals surface area contributed by atoms with Gasteiger partial charge in [-0.2, -0.15) is 0 Å². The van der Waals surface area contributed by atoms with Crippen molar-refractivity contribution in [3.63, 3.8) is 0 Å². The summed E-state index contributed by atoms with van der Waals surface area (Å²) in [6, 6.07) is 4.84. The molecule has 2 aliphatic heterocycles. The van der Waals surface area contributed by atoms with Crippen molar-refractivity contribution in [2.24, 2.45) is 0 Å². The number of hydrogen-bond donors (Lipinski definition) is 3. The Bertz CT molecular complexity index is 1280. The maximum atomic E-state index is 15.7. The average Bonchev–Trinajstić information content (AvgIpc) is 3.18. The zero-order valence-corrected chi connectivity index (χ0v) is 21.5. The van der Waals surface area contributed by atoms with Crippen molar-refractivity contribution in [3.8, 4) is 0 Å². The van der Waals surface area contributed by atoms with Crippen LogP contribution >= 0.6 is 0 Å². The number of nitrogens with one attached hydrogen (secondary N) is 2. The van der Waals surface area contributed by atoms with Crippen LogP contribution < -0.4 is 5.32 Å². The van der Waals surface area contributed by atoms with Gasteiger partial charge in [0.05, 0.1) is 18.6 Å². The standard InChI is InChI=1S/C28H33F5N4O/c1-3-4-7-36-12-19(13-36)34-18-10-22(30)25(23(31)11-18)27-26-21(20-9-17(29)5-6-24(20)35-26)8-16(2)37(27)14-28(32,33)15-38/h5-6,9-11,16,19,27,34-35,38H,3-4,7-8,12-15H2,1-2H3/t16-,27-/m1/s1. The van der Waals surface area contributed by atoms with Crippen molar-refractivity contribution in [2.75, 3.05) is 38.1 Å². The van der Waals surface area contributed by atoms with Crippen LogP contribution in [-0.4, -0.2) is 70.7 Å². The molecule has 0 bridgehead atoms. The minimum atomic E-state index is -3.48. The summed E-state index contributed by atoms with van der Waals surface area (Å²) in [4.78, 5) is 6.70. The van der Waals surface area contributed by atoms with Gasteiger partial charge >= 0.3 is 0 Å². The molecule has 206 valence electrons. The van der Waals surface area contributed by atoms with Crippen LogP contribution in [0.15, 0.2) is 30.3 Å². The van der Waals surface area contributed by atoms with Crippen molar-refractivity contribution in [1.82, 2.24) is 14.8 Å². The quantitative estimate of drug-likeness (QED) is 0.319. The number of H-pyrrole nitrogens is 1. The third-order valence-electron chi connectivity index (χ3n) is 7.73. The van der Waals surface area contributed by atoms with Crippen LogP contribution in [0.5, 0.6) is 0 Å². The van der Waals surface area contributed by atoms with Crippen molar-refractivity contribution < 1.29 is 27.1 Å². The van der Waals surface area contributed by atoms with Gasteiger partial charge in [0, 0.05) is 47.0 Å². The predicted molar refractivity (Wildman–Crippen MR) is 137 cm³/mol. The van der Waals surface area contributed by atoms with Crippen molar-refractivity contribution in [1.29, 1.82) is 0 Å². The maximum absolute atomic E-state index is 15.7. The SMILES string of the molecule is CCCCN1CC(Nc2cc(F)c([C@@H]3c4[nH]c5ccc(F)cc5c4C[C@@H](C)N3CC(F)(F)CO)c(F)c2)C1. The van der Waals surface area contributed by atoms with E-state index in [1.807, 2.05) is 0 Å². The summed E-state index contributed by atoms with van der Waals surface area (Å²) in [5.41, 5.74) is 1.48. The molecule has 3 N–H and O–H groups in total. The van der Waals surface area contributed by atoms with Gasteiger partial charge < -0.3 is 15.4 Å². The molecule has 38 heavy (non-hydrogen) atoms. The molecule has 2 aromatic carbocycles. The second-order valence-corrected chi connectivity index (χ2v) is 10.7. The summed E-state index contributed by atoms with van der Waals surface area (Å²) in [6.45, 7) is 4.08. The number of fused-ring (bicyclic) bond motifs is 3. The second kappa shape index (κ2) is 10.5. The van der Waals surface area contributed by atoms with Gasteiger partial charge in [-0.25, -0.2) is 22.0 Å². The van der Waals surface area contributed by atoms with Crippen molar-refractivity contribution >= 4 is 16.6 Å². The Balaban J connectivity index is 1.52. The lowest BCUT2D eigenvalue weighted by molar-refractivity contribution is -0.0869. The Labute approximate surface area is 218 Å². The topological polar surface area (TPSA) is 54.5 Å². The molecule has 1 saturated heterocycles. The second-order valence-electron chi connectivity index (χ2n) is 10.7. The molecule has 0 amide bonds. The number of hydrogen-bond acceptors (Lipinski definition) is 4. The van der Waals surface area contributed by atoms with Crippen molar-refractivity contribution in [3.05, 3.63) is 64.6 Å². The number of unbranched alkanes of at least 4 members (excludes halogenated alkanes) is 1. The van der Waals surface area contributed by atoms with Crippen LogP contribution in [0.25, 0.3) is 10.9 Å². The molecule has 2 aliphatic rings. The molecule has 10 heteroatoms. The van der Waals surface area contributed by atoms with Gasteiger partial charge in [-0.3, -0.25) is 9.80 Å².